The van der Waals surface area contributed by atoms with Crippen LogP contribution in [0.5, 0.6) is 0 Å². The zero-order chi connectivity index (χ0) is 20.1. The molecule has 0 aliphatic heterocycles. The molecule has 3 N–H and O–H groups in total. The summed E-state index contributed by atoms with van der Waals surface area (Å²) in [4.78, 5) is 17.6. The Bertz CT molecular complexity index is 911. The second kappa shape index (κ2) is 8.76. The molecule has 1 amide bonds. The highest BCUT2D eigenvalue weighted by atomic mass is 32.2. The van der Waals surface area contributed by atoms with Gasteiger partial charge in [0.05, 0.1) is 5.56 Å². The first-order valence-electron chi connectivity index (χ1n) is 8.20. The zero-order valence-corrected chi connectivity index (χ0v) is 16.1. The van der Waals surface area contributed by atoms with Gasteiger partial charge in [0.1, 0.15) is 5.25 Å². The van der Waals surface area contributed by atoms with Gasteiger partial charge in [0.15, 0.2) is 5.13 Å². The number of hydrogen-bond donors (Lipinski definition) is 2. The summed E-state index contributed by atoms with van der Waals surface area (Å²) in [6.45, 7) is 0.401. The number of benzene rings is 2. The molecule has 0 saturated heterocycles. The van der Waals surface area contributed by atoms with Crippen LogP contribution >= 0.6 is 23.1 Å². The summed E-state index contributed by atoms with van der Waals surface area (Å²) in [6, 6.07) is 12.0. The number of thioether (sulfide) groups is 1. The summed E-state index contributed by atoms with van der Waals surface area (Å²) in [5, 5.41) is 4.13. The lowest BCUT2D eigenvalue weighted by Gasteiger charge is -2.17. The zero-order valence-electron chi connectivity index (χ0n) is 14.4. The molecule has 1 aromatic heterocycles. The van der Waals surface area contributed by atoms with Crippen molar-refractivity contribution in [3.05, 3.63) is 76.8 Å². The van der Waals surface area contributed by atoms with E-state index >= 15 is 0 Å². The highest BCUT2D eigenvalue weighted by Crippen LogP contribution is 2.38. The molecule has 0 radical (unpaired) electrons. The number of carbonyl (C=O) groups excluding carboxylic acids is 1. The van der Waals surface area contributed by atoms with Crippen molar-refractivity contribution in [2.45, 2.75) is 22.9 Å². The fraction of sp³-hybridized carbons (Fsp3) is 0.158. The Labute approximate surface area is 168 Å². The molecule has 0 aliphatic rings. The van der Waals surface area contributed by atoms with E-state index in [0.29, 0.717) is 17.2 Å². The second-order valence-corrected chi connectivity index (χ2v) is 7.87. The average molecular weight is 423 g/mol. The lowest BCUT2D eigenvalue weighted by molar-refractivity contribution is -0.137. The molecule has 3 aromatic rings. The maximum atomic E-state index is 12.8. The third kappa shape index (κ3) is 5.12. The molecule has 0 saturated carbocycles. The van der Waals surface area contributed by atoms with Crippen LogP contribution in [-0.4, -0.2) is 10.9 Å². The van der Waals surface area contributed by atoms with Gasteiger partial charge in [-0.05, 0) is 35.4 Å². The topological polar surface area (TPSA) is 68.0 Å². The van der Waals surface area contributed by atoms with Crippen LogP contribution in [0, 0.1) is 0 Å². The van der Waals surface area contributed by atoms with E-state index in [1.165, 1.54) is 35.2 Å². The molecule has 0 aliphatic carbocycles. The Morgan fingerprint density at radius 2 is 1.82 bits per heavy atom. The maximum absolute atomic E-state index is 12.8. The van der Waals surface area contributed by atoms with Gasteiger partial charge in [0.2, 0.25) is 5.91 Å². The van der Waals surface area contributed by atoms with E-state index in [1.54, 1.807) is 11.6 Å². The SMILES string of the molecule is NCc1ccc(SC(C(=O)Nc2nccs2)c2ccc(C(F)(F)F)cc2)cc1. The summed E-state index contributed by atoms with van der Waals surface area (Å²) in [5.41, 5.74) is 6.25. The van der Waals surface area contributed by atoms with Crippen molar-refractivity contribution in [3.8, 4) is 0 Å². The van der Waals surface area contributed by atoms with Gasteiger partial charge in [-0.1, -0.05) is 24.3 Å². The van der Waals surface area contributed by atoms with Gasteiger partial charge in [-0.3, -0.25) is 4.79 Å². The predicted molar refractivity (Wildman–Crippen MR) is 105 cm³/mol. The fourth-order valence-electron chi connectivity index (χ4n) is 2.42. The molecular formula is C19H16F3N3OS2. The number of thiazole rings is 1. The van der Waals surface area contributed by atoms with Gasteiger partial charge >= 0.3 is 6.18 Å². The Balaban J connectivity index is 1.87. The van der Waals surface area contributed by atoms with Gasteiger partial charge in [-0.15, -0.1) is 23.1 Å². The first-order valence-corrected chi connectivity index (χ1v) is 9.96. The maximum Gasteiger partial charge on any atom is 0.416 e. The number of nitrogens with zero attached hydrogens (tertiary/aromatic N) is 1. The third-order valence-electron chi connectivity index (χ3n) is 3.85. The Morgan fingerprint density at radius 1 is 1.14 bits per heavy atom. The molecule has 1 heterocycles. The van der Waals surface area contributed by atoms with Crippen LogP contribution in [-0.2, 0) is 17.5 Å². The number of anilines is 1. The highest BCUT2D eigenvalue weighted by Gasteiger charge is 2.31. The van der Waals surface area contributed by atoms with Crippen LogP contribution in [0.15, 0.2) is 65.0 Å². The number of nitrogens with one attached hydrogen (secondary N) is 1. The number of halogens is 3. The van der Waals surface area contributed by atoms with E-state index in [9.17, 15) is 18.0 Å². The Kier molecular flexibility index (Phi) is 6.38. The van der Waals surface area contributed by atoms with Gasteiger partial charge in [0, 0.05) is 23.0 Å². The molecule has 1 unspecified atom stereocenters. The van der Waals surface area contributed by atoms with E-state index in [1.807, 2.05) is 24.3 Å². The van der Waals surface area contributed by atoms with Gasteiger partial charge in [0.25, 0.3) is 0 Å². The quantitative estimate of drug-likeness (QED) is 0.542. The van der Waals surface area contributed by atoms with Crippen molar-refractivity contribution in [1.82, 2.24) is 4.98 Å². The van der Waals surface area contributed by atoms with Crippen LogP contribution in [0.3, 0.4) is 0 Å². The van der Waals surface area contributed by atoms with Crippen LogP contribution in [0.25, 0.3) is 0 Å². The lowest BCUT2D eigenvalue weighted by atomic mass is 10.1. The molecular weight excluding hydrogens is 407 g/mol. The van der Waals surface area contributed by atoms with Gasteiger partial charge in [-0.25, -0.2) is 4.98 Å². The summed E-state index contributed by atoms with van der Waals surface area (Å²) in [5.74, 6) is -0.359. The highest BCUT2D eigenvalue weighted by molar-refractivity contribution is 8.00. The molecule has 28 heavy (non-hydrogen) atoms. The van der Waals surface area contributed by atoms with E-state index in [4.69, 9.17) is 5.73 Å². The number of nitrogens with two attached hydrogens (primary N) is 1. The summed E-state index contributed by atoms with van der Waals surface area (Å²) >= 11 is 2.51. The lowest BCUT2D eigenvalue weighted by Crippen LogP contribution is -2.19. The van der Waals surface area contributed by atoms with Crippen LogP contribution in [0.4, 0.5) is 18.3 Å². The summed E-state index contributed by atoms with van der Waals surface area (Å²) in [6.07, 6.45) is -2.87. The van der Waals surface area contributed by atoms with Crippen molar-refractivity contribution in [3.63, 3.8) is 0 Å². The fourth-order valence-corrected chi connectivity index (χ4v) is 3.97. The third-order valence-corrected chi connectivity index (χ3v) is 5.81. The normalized spacial score (nSPS) is 12.6. The second-order valence-electron chi connectivity index (χ2n) is 5.79. The van der Waals surface area contributed by atoms with Crippen molar-refractivity contribution in [1.29, 1.82) is 0 Å². The molecule has 0 fully saturated rings. The largest absolute Gasteiger partial charge is 0.416 e. The number of amides is 1. The van der Waals surface area contributed by atoms with Crippen molar-refractivity contribution in [2.75, 3.05) is 5.32 Å². The van der Waals surface area contributed by atoms with E-state index in [-0.39, 0.29) is 5.91 Å². The monoisotopic (exact) mass is 423 g/mol. The van der Waals surface area contributed by atoms with E-state index in [2.05, 4.69) is 10.3 Å². The van der Waals surface area contributed by atoms with Crippen molar-refractivity contribution >= 4 is 34.1 Å². The summed E-state index contributed by atoms with van der Waals surface area (Å²) in [7, 11) is 0. The standard InChI is InChI=1S/C19H16F3N3OS2/c20-19(21,22)14-5-3-13(4-6-14)16(17(26)25-18-24-9-10-27-18)28-15-7-1-12(11-23)2-8-15/h1-10,16H,11,23H2,(H,24,25,26). The minimum atomic E-state index is -4.43. The number of alkyl halides is 3. The van der Waals surface area contributed by atoms with E-state index < -0.39 is 17.0 Å². The molecule has 2 aromatic carbocycles. The molecule has 146 valence electrons. The first-order chi connectivity index (χ1) is 13.4. The van der Waals surface area contributed by atoms with Crippen molar-refractivity contribution < 1.29 is 18.0 Å². The number of hydrogen-bond acceptors (Lipinski definition) is 5. The van der Waals surface area contributed by atoms with Gasteiger partial charge in [-0.2, -0.15) is 13.2 Å². The van der Waals surface area contributed by atoms with Crippen LogP contribution < -0.4 is 11.1 Å². The molecule has 1 atom stereocenters. The molecule has 0 spiro atoms. The Hall–Kier alpha value is -2.36. The van der Waals surface area contributed by atoms with Crippen LogP contribution in [0.2, 0.25) is 0 Å². The van der Waals surface area contributed by atoms with E-state index in [0.717, 1.165) is 22.6 Å². The number of rotatable bonds is 6. The minimum Gasteiger partial charge on any atom is -0.326 e. The van der Waals surface area contributed by atoms with Gasteiger partial charge < -0.3 is 11.1 Å². The number of aromatic nitrogens is 1. The number of carbonyl (C=O) groups is 1. The average Bonchev–Trinajstić information content (AvgIpc) is 3.19. The van der Waals surface area contributed by atoms with Crippen molar-refractivity contribution in [2.24, 2.45) is 5.73 Å². The molecule has 0 bridgehead atoms. The predicted octanol–water partition coefficient (Wildman–Crippen LogP) is 5.09. The molecule has 4 nitrogen and oxygen atoms in total. The molecule has 3 rings (SSSR count). The minimum absolute atomic E-state index is 0.359. The summed E-state index contributed by atoms with van der Waals surface area (Å²) < 4.78 is 38.5. The molecule has 9 heteroatoms. The first kappa shape index (κ1) is 20.4. The Morgan fingerprint density at radius 3 is 2.36 bits per heavy atom. The smallest absolute Gasteiger partial charge is 0.326 e. The van der Waals surface area contributed by atoms with Crippen LogP contribution in [0.1, 0.15) is 21.9 Å².